The molecule has 0 aromatic heterocycles. The molecular formula is C9H13NO3S. The topological polar surface area (TPSA) is 78.4 Å². The Morgan fingerprint density at radius 2 is 1.86 bits per heavy atom. The first-order chi connectivity index (χ1) is 6.14. The second-order valence-corrected chi connectivity index (χ2v) is 4.02. The van der Waals surface area contributed by atoms with Crippen LogP contribution in [0.2, 0.25) is 0 Å². The van der Waals surface area contributed by atoms with Gasteiger partial charge in [0.05, 0.1) is 0 Å². The third-order valence-corrected chi connectivity index (χ3v) is 2.38. The van der Waals surface area contributed by atoms with Crippen molar-refractivity contribution in [2.45, 2.75) is 0 Å². The average Bonchev–Trinajstić information content (AvgIpc) is 2.04. The van der Waals surface area contributed by atoms with Crippen LogP contribution in [0.1, 0.15) is 0 Å². The van der Waals surface area contributed by atoms with Crippen LogP contribution in [0.4, 0.5) is 0 Å². The molecule has 0 heterocycles. The summed E-state index contributed by atoms with van der Waals surface area (Å²) in [4.78, 5) is 0. The molecule has 1 rings (SSSR count). The quantitative estimate of drug-likeness (QED) is 0.613. The SMILES string of the molecule is C=CCS(=O)(=O)Oc1ccccc1.N. The fraction of sp³-hybridized carbons (Fsp3) is 0.111. The van der Waals surface area contributed by atoms with Gasteiger partial charge in [0.25, 0.3) is 0 Å². The summed E-state index contributed by atoms with van der Waals surface area (Å²) in [5.41, 5.74) is 0. The van der Waals surface area contributed by atoms with Crippen molar-refractivity contribution < 1.29 is 12.6 Å². The molecule has 0 saturated heterocycles. The molecule has 3 N–H and O–H groups in total. The van der Waals surface area contributed by atoms with Gasteiger partial charge in [-0.3, -0.25) is 0 Å². The molecule has 1 aromatic rings. The molecule has 14 heavy (non-hydrogen) atoms. The van der Waals surface area contributed by atoms with E-state index in [1.54, 1.807) is 30.3 Å². The number of rotatable bonds is 4. The van der Waals surface area contributed by atoms with Gasteiger partial charge in [0, 0.05) is 0 Å². The third-order valence-electron chi connectivity index (χ3n) is 1.29. The molecule has 0 amide bonds. The van der Waals surface area contributed by atoms with E-state index in [9.17, 15) is 8.42 Å². The smallest absolute Gasteiger partial charge is 0.312 e. The van der Waals surface area contributed by atoms with Crippen molar-refractivity contribution in [1.82, 2.24) is 6.15 Å². The Hall–Kier alpha value is -1.33. The molecule has 0 saturated carbocycles. The number of hydrogen-bond acceptors (Lipinski definition) is 4. The van der Waals surface area contributed by atoms with Gasteiger partial charge in [0.15, 0.2) is 0 Å². The van der Waals surface area contributed by atoms with E-state index in [2.05, 4.69) is 6.58 Å². The minimum atomic E-state index is -3.50. The van der Waals surface area contributed by atoms with Gasteiger partial charge in [0.2, 0.25) is 0 Å². The van der Waals surface area contributed by atoms with Crippen molar-refractivity contribution >= 4 is 10.1 Å². The highest BCUT2D eigenvalue weighted by Crippen LogP contribution is 2.11. The predicted molar refractivity (Wildman–Crippen MR) is 56.1 cm³/mol. The van der Waals surface area contributed by atoms with Crippen LogP contribution in [-0.4, -0.2) is 14.2 Å². The van der Waals surface area contributed by atoms with Gasteiger partial charge in [-0.1, -0.05) is 24.3 Å². The highest BCUT2D eigenvalue weighted by molar-refractivity contribution is 7.87. The lowest BCUT2D eigenvalue weighted by molar-refractivity contribution is 0.489. The summed E-state index contributed by atoms with van der Waals surface area (Å²) in [7, 11) is -3.50. The fourth-order valence-electron chi connectivity index (χ4n) is 0.801. The zero-order valence-corrected chi connectivity index (χ0v) is 8.53. The molecule has 0 spiro atoms. The molecule has 0 radical (unpaired) electrons. The molecule has 0 aliphatic rings. The molecule has 5 heteroatoms. The fourth-order valence-corrected chi connectivity index (χ4v) is 1.56. The Kier molecular flexibility index (Phi) is 4.90. The van der Waals surface area contributed by atoms with Crippen molar-refractivity contribution in [2.75, 3.05) is 5.75 Å². The van der Waals surface area contributed by atoms with Gasteiger partial charge in [-0.2, -0.15) is 8.42 Å². The van der Waals surface area contributed by atoms with E-state index in [4.69, 9.17) is 4.18 Å². The summed E-state index contributed by atoms with van der Waals surface area (Å²) < 4.78 is 27.0. The first kappa shape index (κ1) is 12.7. The molecule has 4 nitrogen and oxygen atoms in total. The van der Waals surface area contributed by atoms with Crippen LogP contribution in [-0.2, 0) is 10.1 Å². The van der Waals surface area contributed by atoms with Crippen molar-refractivity contribution in [3.05, 3.63) is 43.0 Å². The van der Waals surface area contributed by atoms with Crippen LogP contribution in [0.5, 0.6) is 5.75 Å². The Balaban J connectivity index is 0.00000169. The monoisotopic (exact) mass is 215 g/mol. The van der Waals surface area contributed by atoms with E-state index in [0.29, 0.717) is 5.75 Å². The summed E-state index contributed by atoms with van der Waals surface area (Å²) in [5, 5.41) is 0. The van der Waals surface area contributed by atoms with E-state index >= 15 is 0 Å². The zero-order valence-electron chi connectivity index (χ0n) is 7.72. The molecule has 1 aromatic carbocycles. The van der Waals surface area contributed by atoms with E-state index < -0.39 is 10.1 Å². The van der Waals surface area contributed by atoms with Crippen LogP contribution >= 0.6 is 0 Å². The second kappa shape index (κ2) is 5.41. The summed E-state index contributed by atoms with van der Waals surface area (Å²) in [6, 6.07) is 8.37. The van der Waals surface area contributed by atoms with Gasteiger partial charge in [0.1, 0.15) is 11.5 Å². The van der Waals surface area contributed by atoms with Gasteiger partial charge in [-0.15, -0.1) is 6.58 Å². The van der Waals surface area contributed by atoms with Crippen molar-refractivity contribution in [2.24, 2.45) is 0 Å². The van der Waals surface area contributed by atoms with Crippen LogP contribution < -0.4 is 10.3 Å². The maximum atomic E-state index is 11.1. The molecule has 0 aliphatic heterocycles. The number of para-hydroxylation sites is 1. The normalized spacial score (nSPS) is 10.0. The molecule has 0 aliphatic carbocycles. The Bertz CT molecular complexity index is 372. The third kappa shape index (κ3) is 4.06. The summed E-state index contributed by atoms with van der Waals surface area (Å²) >= 11 is 0. The summed E-state index contributed by atoms with van der Waals surface area (Å²) in [6.07, 6.45) is 1.29. The first-order valence-corrected chi connectivity index (χ1v) is 5.30. The van der Waals surface area contributed by atoms with Crippen LogP contribution in [0.3, 0.4) is 0 Å². The van der Waals surface area contributed by atoms with Gasteiger partial charge >= 0.3 is 10.1 Å². The lowest BCUT2D eigenvalue weighted by Gasteiger charge is -2.03. The minimum Gasteiger partial charge on any atom is -0.382 e. The highest BCUT2D eigenvalue weighted by Gasteiger charge is 2.08. The molecule has 78 valence electrons. The molecule has 0 unspecified atom stereocenters. The van der Waals surface area contributed by atoms with E-state index in [-0.39, 0.29) is 11.9 Å². The lowest BCUT2D eigenvalue weighted by Crippen LogP contribution is -2.11. The zero-order chi connectivity index (χ0) is 9.73. The van der Waals surface area contributed by atoms with E-state index in [1.807, 2.05) is 0 Å². The van der Waals surface area contributed by atoms with E-state index in [1.165, 1.54) is 6.08 Å². The van der Waals surface area contributed by atoms with Crippen molar-refractivity contribution in [3.63, 3.8) is 0 Å². The van der Waals surface area contributed by atoms with Crippen molar-refractivity contribution in [1.29, 1.82) is 0 Å². The lowest BCUT2D eigenvalue weighted by atomic mass is 10.3. The summed E-state index contributed by atoms with van der Waals surface area (Å²) in [6.45, 7) is 3.33. The molecule has 0 atom stereocenters. The Morgan fingerprint density at radius 1 is 1.29 bits per heavy atom. The van der Waals surface area contributed by atoms with Crippen molar-refractivity contribution in [3.8, 4) is 5.75 Å². The van der Waals surface area contributed by atoms with Crippen LogP contribution in [0.25, 0.3) is 0 Å². The van der Waals surface area contributed by atoms with Gasteiger partial charge in [-0.05, 0) is 12.1 Å². The average molecular weight is 215 g/mol. The Morgan fingerprint density at radius 3 is 2.36 bits per heavy atom. The largest absolute Gasteiger partial charge is 0.382 e. The van der Waals surface area contributed by atoms with Gasteiger partial charge < -0.3 is 10.3 Å². The number of hydrogen-bond donors (Lipinski definition) is 1. The number of benzene rings is 1. The highest BCUT2D eigenvalue weighted by atomic mass is 32.2. The van der Waals surface area contributed by atoms with E-state index in [0.717, 1.165) is 0 Å². The standard InChI is InChI=1S/C9H10O3S.H3N/c1-2-8-13(10,11)12-9-6-4-3-5-7-9;/h2-7H,1,8H2;1H3. The Labute approximate surface area is 83.9 Å². The van der Waals surface area contributed by atoms with Crippen LogP contribution in [0, 0.1) is 0 Å². The minimum absolute atomic E-state index is 0. The second-order valence-electron chi connectivity index (χ2n) is 2.41. The molecular weight excluding hydrogens is 202 g/mol. The molecule has 0 bridgehead atoms. The maximum Gasteiger partial charge on any atom is 0.312 e. The maximum absolute atomic E-state index is 11.1. The summed E-state index contributed by atoms with van der Waals surface area (Å²) in [5.74, 6) is 0.145. The van der Waals surface area contributed by atoms with Gasteiger partial charge in [-0.25, -0.2) is 0 Å². The predicted octanol–water partition coefficient (Wildman–Crippen LogP) is 1.74. The van der Waals surface area contributed by atoms with Crippen LogP contribution in [0.15, 0.2) is 43.0 Å². The molecule has 0 fully saturated rings. The first-order valence-electron chi connectivity index (χ1n) is 3.72.